The first kappa shape index (κ1) is 41.5. The number of imide groups is 1. The van der Waals surface area contributed by atoms with Gasteiger partial charge in [0, 0.05) is 17.7 Å². The van der Waals surface area contributed by atoms with E-state index in [1.807, 2.05) is 0 Å². The van der Waals surface area contributed by atoms with Crippen molar-refractivity contribution < 1.29 is 55.0 Å². The molecule has 4 amide bonds. The number of anilines is 3. The Kier molecular flexibility index (Phi) is 11.4. The monoisotopic (exact) mass is 809 g/mol. The van der Waals surface area contributed by atoms with Crippen molar-refractivity contribution in [2.75, 3.05) is 15.5 Å². The molecule has 1 aliphatic carbocycles. The zero-order chi connectivity index (χ0) is 40.2. The molecule has 0 heterocycles. The number of hydrogen-bond donors (Lipinski definition) is 2. The summed E-state index contributed by atoms with van der Waals surface area (Å²) in [6.45, 7) is 10.3. The number of aryl methyl sites for hydroxylation is 1. The highest BCUT2D eigenvalue weighted by Crippen LogP contribution is 2.65. The fourth-order valence-electron chi connectivity index (χ4n) is 5.13. The maximum Gasteiger partial charge on any atom is 0.424 e. The van der Waals surface area contributed by atoms with Crippen LogP contribution in [0.2, 0.25) is 5.02 Å². The van der Waals surface area contributed by atoms with Gasteiger partial charge in [-0.3, -0.25) is 9.59 Å². The molecule has 53 heavy (non-hydrogen) atoms. The number of alkyl halides is 5. The second-order valence-electron chi connectivity index (χ2n) is 14.0. The normalized spacial score (nSPS) is 16.8. The largest absolute Gasteiger partial charge is 0.443 e. The van der Waals surface area contributed by atoms with Gasteiger partial charge in [0.25, 0.3) is 5.91 Å². The van der Waals surface area contributed by atoms with Gasteiger partial charge in [0.05, 0.1) is 33.4 Å². The molecule has 0 aliphatic heterocycles. The van der Waals surface area contributed by atoms with Crippen molar-refractivity contribution in [1.82, 2.24) is 0 Å². The van der Waals surface area contributed by atoms with Crippen molar-refractivity contribution in [3.8, 4) is 0 Å². The second-order valence-corrected chi connectivity index (χ2v) is 15.9. The first-order valence-corrected chi connectivity index (χ1v) is 16.7. The summed E-state index contributed by atoms with van der Waals surface area (Å²) in [6.07, 6.45) is -7.76. The minimum absolute atomic E-state index is 0.0618. The molecule has 0 bridgehead atoms. The molecule has 4 rings (SSSR count). The Labute approximate surface area is 314 Å². The Balaban J connectivity index is 1.63. The summed E-state index contributed by atoms with van der Waals surface area (Å²) in [4.78, 5) is 53.1. The number of benzene rings is 3. The van der Waals surface area contributed by atoms with Gasteiger partial charge in [0.2, 0.25) is 5.91 Å². The van der Waals surface area contributed by atoms with E-state index in [4.69, 9.17) is 44.3 Å². The maximum absolute atomic E-state index is 15.2. The molecule has 1 saturated carbocycles. The van der Waals surface area contributed by atoms with E-state index in [0.29, 0.717) is 24.3 Å². The Morgan fingerprint density at radius 1 is 0.792 bits per heavy atom. The highest BCUT2D eigenvalue weighted by molar-refractivity contribution is 6.53. The van der Waals surface area contributed by atoms with Crippen LogP contribution in [-0.4, -0.2) is 39.5 Å². The minimum Gasteiger partial charge on any atom is -0.443 e. The minimum atomic E-state index is -5.03. The quantitative estimate of drug-likeness (QED) is 0.189. The van der Waals surface area contributed by atoms with Crippen molar-refractivity contribution in [3.63, 3.8) is 0 Å². The molecule has 3 aromatic rings. The summed E-state index contributed by atoms with van der Waals surface area (Å²) in [5, 5.41) is 4.51. The highest BCUT2D eigenvalue weighted by atomic mass is 35.5. The van der Waals surface area contributed by atoms with Crippen LogP contribution in [0, 0.1) is 30.3 Å². The van der Waals surface area contributed by atoms with Gasteiger partial charge in [0.1, 0.15) is 27.2 Å². The second kappa shape index (κ2) is 14.6. The number of carbonyl (C=O) groups excluding carboxylic acids is 4. The van der Waals surface area contributed by atoms with Gasteiger partial charge < -0.3 is 20.1 Å². The van der Waals surface area contributed by atoms with Crippen molar-refractivity contribution in [2.45, 2.75) is 76.1 Å². The molecular weight excluding hydrogens is 779 g/mol. The van der Waals surface area contributed by atoms with E-state index < -0.39 is 91.9 Å². The SMILES string of the molecule is Cc1cc(NC(=O)[C@H]2[C@H](c3ccc(F)c(C(F)(F)F)c3)C2(Cl)Cl)cc(C(=O)Nc2cc(N(C(=O)OC(C)(C)C)C(=O)OC(C)(C)C)c(F)cc2F)c1Cl. The summed E-state index contributed by atoms with van der Waals surface area (Å²) in [6, 6.07) is 5.53. The number of nitrogens with zero attached hydrogens (tertiary/aromatic N) is 1. The highest BCUT2D eigenvalue weighted by Gasteiger charge is 2.67. The van der Waals surface area contributed by atoms with Crippen molar-refractivity contribution in [1.29, 1.82) is 0 Å². The number of rotatable bonds is 6. The van der Waals surface area contributed by atoms with Crippen molar-refractivity contribution in [2.24, 2.45) is 5.92 Å². The van der Waals surface area contributed by atoms with Crippen LogP contribution < -0.4 is 15.5 Å². The van der Waals surface area contributed by atoms with Gasteiger partial charge in [-0.15, -0.1) is 23.2 Å². The van der Waals surface area contributed by atoms with E-state index in [0.717, 1.165) is 12.1 Å². The molecule has 2 N–H and O–H groups in total. The van der Waals surface area contributed by atoms with Gasteiger partial charge in [-0.2, -0.15) is 18.1 Å². The van der Waals surface area contributed by atoms with Crippen LogP contribution in [0.1, 0.15) is 74.5 Å². The van der Waals surface area contributed by atoms with Crippen molar-refractivity contribution in [3.05, 3.63) is 87.2 Å². The Bertz CT molecular complexity index is 1970. The molecule has 3 aromatic carbocycles. The third-order valence-corrected chi connectivity index (χ3v) is 8.88. The topological polar surface area (TPSA) is 114 Å². The van der Waals surface area contributed by atoms with Crippen LogP contribution in [0.25, 0.3) is 0 Å². The lowest BCUT2D eigenvalue weighted by atomic mass is 10.0. The zero-order valence-corrected chi connectivity index (χ0v) is 31.3. The van der Waals surface area contributed by atoms with Crippen LogP contribution in [0.5, 0.6) is 0 Å². The molecule has 0 aromatic heterocycles. The standard InChI is InChI=1S/C35H32Cl3F6N3O6/c1-15-10-17(45-29(49)26-25(34(26,37)38)16-8-9-20(39)19(11-16)35(42,43)44)12-18(27(15)36)28(48)46-23-14-24(22(41)13-21(23)40)47(30(50)52-32(2,3)4)31(51)53-33(5,6)7/h8-14,25-26H,1-7H3,(H,45,49)(H,46,48)/t25-,26+/m0/s1. The number of amides is 4. The first-order valence-electron chi connectivity index (χ1n) is 15.5. The summed E-state index contributed by atoms with van der Waals surface area (Å²) in [5.41, 5.74) is -5.75. The lowest BCUT2D eigenvalue weighted by Gasteiger charge is -2.29. The van der Waals surface area contributed by atoms with Crippen LogP contribution >= 0.6 is 34.8 Å². The molecular formula is C35H32Cl3F6N3O6. The Hall–Kier alpha value is -4.21. The van der Waals surface area contributed by atoms with E-state index in [2.05, 4.69) is 10.6 Å². The van der Waals surface area contributed by atoms with Crippen LogP contribution in [0.15, 0.2) is 42.5 Å². The molecule has 0 spiro atoms. The van der Waals surface area contributed by atoms with Gasteiger partial charge in [-0.25, -0.2) is 22.8 Å². The van der Waals surface area contributed by atoms with Gasteiger partial charge >= 0.3 is 18.4 Å². The van der Waals surface area contributed by atoms with E-state index in [9.17, 15) is 36.7 Å². The fraction of sp³-hybridized carbons (Fsp3) is 0.371. The Morgan fingerprint density at radius 2 is 1.36 bits per heavy atom. The number of nitrogens with one attached hydrogen (secondary N) is 2. The fourth-order valence-corrected chi connectivity index (χ4v) is 6.15. The molecule has 0 radical (unpaired) electrons. The van der Waals surface area contributed by atoms with Crippen LogP contribution in [0.4, 0.5) is 53.0 Å². The van der Waals surface area contributed by atoms with E-state index >= 15 is 8.78 Å². The van der Waals surface area contributed by atoms with E-state index in [1.54, 1.807) is 0 Å². The van der Waals surface area contributed by atoms with Crippen LogP contribution in [0.3, 0.4) is 0 Å². The van der Waals surface area contributed by atoms with E-state index in [-0.39, 0.29) is 32.3 Å². The summed E-state index contributed by atoms with van der Waals surface area (Å²) in [5.74, 6) is -8.68. The Morgan fingerprint density at radius 3 is 1.89 bits per heavy atom. The third kappa shape index (κ3) is 9.48. The predicted molar refractivity (Wildman–Crippen MR) is 186 cm³/mol. The summed E-state index contributed by atoms with van der Waals surface area (Å²) >= 11 is 19.0. The molecule has 9 nitrogen and oxygen atoms in total. The summed E-state index contributed by atoms with van der Waals surface area (Å²) < 4.78 is 92.7. The average molecular weight is 811 g/mol. The molecule has 2 atom stereocenters. The van der Waals surface area contributed by atoms with Crippen molar-refractivity contribution >= 4 is 75.9 Å². The maximum atomic E-state index is 15.2. The molecule has 286 valence electrons. The van der Waals surface area contributed by atoms with Gasteiger partial charge in [-0.05, 0) is 89.9 Å². The smallest absolute Gasteiger partial charge is 0.424 e. The van der Waals surface area contributed by atoms with Gasteiger partial charge in [-0.1, -0.05) is 17.7 Å². The lowest BCUT2D eigenvalue weighted by molar-refractivity contribution is -0.140. The zero-order valence-electron chi connectivity index (χ0n) is 29.0. The number of hydrogen-bond acceptors (Lipinski definition) is 6. The number of halogens is 9. The molecule has 1 fully saturated rings. The predicted octanol–water partition coefficient (Wildman–Crippen LogP) is 10.5. The van der Waals surface area contributed by atoms with E-state index in [1.165, 1.54) is 54.5 Å². The third-order valence-electron chi connectivity index (χ3n) is 7.44. The molecule has 18 heteroatoms. The molecule has 0 unspecified atom stereocenters. The average Bonchev–Trinajstić information content (AvgIpc) is 3.56. The molecule has 1 aliphatic rings. The summed E-state index contributed by atoms with van der Waals surface area (Å²) in [7, 11) is 0. The number of ether oxygens (including phenoxy) is 2. The first-order chi connectivity index (χ1) is 24.1. The molecule has 0 saturated heterocycles. The number of carbonyl (C=O) groups is 4. The lowest BCUT2D eigenvalue weighted by Crippen LogP contribution is -2.44. The van der Waals surface area contributed by atoms with Crippen LogP contribution in [-0.2, 0) is 20.4 Å². The van der Waals surface area contributed by atoms with Gasteiger partial charge in [0.15, 0.2) is 5.82 Å².